The topological polar surface area (TPSA) is 125 Å². The van der Waals surface area contributed by atoms with Crippen LogP contribution in [0.1, 0.15) is 25.7 Å². The van der Waals surface area contributed by atoms with E-state index in [-0.39, 0.29) is 12.1 Å². The Morgan fingerprint density at radius 2 is 1.95 bits per heavy atom. The molecule has 0 spiro atoms. The van der Waals surface area contributed by atoms with Crippen LogP contribution in [0.5, 0.6) is 0 Å². The zero-order chi connectivity index (χ0) is 14.5. The summed E-state index contributed by atoms with van der Waals surface area (Å²) in [4.78, 5) is 32.7. The van der Waals surface area contributed by atoms with Crippen LogP contribution in [-0.2, 0) is 14.3 Å². The molecule has 0 aliphatic heterocycles. The van der Waals surface area contributed by atoms with Crippen LogP contribution >= 0.6 is 0 Å². The van der Waals surface area contributed by atoms with E-state index in [2.05, 4.69) is 10.6 Å². The molecule has 0 aromatic rings. The Kier molecular flexibility index (Phi) is 5.11. The molecule has 1 atom stereocenters. The van der Waals surface area contributed by atoms with E-state index in [1.165, 1.54) is 0 Å². The van der Waals surface area contributed by atoms with Gasteiger partial charge in [0.15, 0.2) is 0 Å². The van der Waals surface area contributed by atoms with Crippen molar-refractivity contribution in [2.24, 2.45) is 0 Å². The Labute approximate surface area is 110 Å². The molecule has 1 fully saturated rings. The highest BCUT2D eigenvalue weighted by Crippen LogP contribution is 2.34. The number of amides is 2. The Morgan fingerprint density at radius 3 is 2.32 bits per heavy atom. The normalized spacial score (nSPS) is 17.9. The summed E-state index contributed by atoms with van der Waals surface area (Å²) < 4.78 is 5.29. The predicted molar refractivity (Wildman–Crippen MR) is 63.8 cm³/mol. The van der Waals surface area contributed by atoms with Crippen molar-refractivity contribution in [3.63, 3.8) is 0 Å². The molecule has 8 heteroatoms. The monoisotopic (exact) mass is 274 g/mol. The van der Waals surface area contributed by atoms with E-state index < -0.39 is 30.4 Å². The van der Waals surface area contributed by atoms with Crippen LogP contribution in [0, 0.1) is 0 Å². The van der Waals surface area contributed by atoms with Crippen molar-refractivity contribution in [2.75, 3.05) is 13.7 Å². The third-order valence-corrected chi connectivity index (χ3v) is 3.25. The van der Waals surface area contributed by atoms with Crippen LogP contribution < -0.4 is 10.6 Å². The van der Waals surface area contributed by atoms with Crippen molar-refractivity contribution < 1.29 is 29.3 Å². The molecule has 0 radical (unpaired) electrons. The van der Waals surface area contributed by atoms with Crippen LogP contribution in [0.25, 0.3) is 0 Å². The van der Waals surface area contributed by atoms with Crippen molar-refractivity contribution in [1.82, 2.24) is 10.6 Å². The average Bonchev–Trinajstić information content (AvgIpc) is 2.26. The zero-order valence-electron chi connectivity index (χ0n) is 10.6. The molecule has 19 heavy (non-hydrogen) atoms. The second-order valence-corrected chi connectivity index (χ2v) is 4.56. The molecule has 4 N–H and O–H groups in total. The minimum absolute atomic E-state index is 0.273. The SMILES string of the molecule is COC1(CNC(=O)N[C@@H](CC(=O)O)C(=O)O)CCC1. The van der Waals surface area contributed by atoms with Gasteiger partial charge in [0.1, 0.15) is 6.04 Å². The van der Waals surface area contributed by atoms with E-state index in [1.807, 2.05) is 0 Å². The van der Waals surface area contributed by atoms with Gasteiger partial charge < -0.3 is 25.6 Å². The molecule has 0 unspecified atom stereocenters. The van der Waals surface area contributed by atoms with Gasteiger partial charge in [0.05, 0.1) is 12.0 Å². The molecule has 0 aromatic carbocycles. The Bertz CT molecular complexity index is 361. The van der Waals surface area contributed by atoms with Crippen molar-refractivity contribution >= 4 is 18.0 Å². The molecule has 1 rings (SSSR count). The Balaban J connectivity index is 2.40. The Morgan fingerprint density at radius 1 is 1.32 bits per heavy atom. The van der Waals surface area contributed by atoms with Crippen molar-refractivity contribution in [1.29, 1.82) is 0 Å². The van der Waals surface area contributed by atoms with Crippen LogP contribution in [0.15, 0.2) is 0 Å². The molecule has 0 aromatic heterocycles. The first kappa shape index (κ1) is 15.2. The summed E-state index contributed by atoms with van der Waals surface area (Å²) in [5.74, 6) is -2.68. The lowest BCUT2D eigenvalue weighted by Crippen LogP contribution is -2.53. The maximum Gasteiger partial charge on any atom is 0.326 e. The number of rotatable bonds is 7. The van der Waals surface area contributed by atoms with Crippen molar-refractivity contribution in [3.05, 3.63) is 0 Å². The van der Waals surface area contributed by atoms with Gasteiger partial charge in [0.2, 0.25) is 0 Å². The fourth-order valence-corrected chi connectivity index (χ4v) is 1.85. The molecule has 1 saturated carbocycles. The third kappa shape index (κ3) is 4.40. The highest BCUT2D eigenvalue weighted by atomic mass is 16.5. The van der Waals surface area contributed by atoms with E-state index >= 15 is 0 Å². The summed E-state index contributed by atoms with van der Waals surface area (Å²) in [6.07, 6.45) is 2.02. The number of carbonyl (C=O) groups excluding carboxylic acids is 1. The minimum Gasteiger partial charge on any atom is -0.481 e. The molecule has 0 bridgehead atoms. The highest BCUT2D eigenvalue weighted by molar-refractivity contribution is 5.86. The van der Waals surface area contributed by atoms with Crippen LogP contribution in [0.2, 0.25) is 0 Å². The first-order chi connectivity index (χ1) is 8.88. The van der Waals surface area contributed by atoms with Crippen molar-refractivity contribution in [3.8, 4) is 0 Å². The van der Waals surface area contributed by atoms with Crippen LogP contribution in [-0.4, -0.2) is 53.5 Å². The van der Waals surface area contributed by atoms with Gasteiger partial charge in [-0.1, -0.05) is 0 Å². The number of urea groups is 1. The summed E-state index contributed by atoms with van der Waals surface area (Å²) in [6.45, 7) is 0.273. The largest absolute Gasteiger partial charge is 0.481 e. The minimum atomic E-state index is -1.45. The van der Waals surface area contributed by atoms with Gasteiger partial charge >= 0.3 is 18.0 Å². The van der Waals surface area contributed by atoms with E-state index in [9.17, 15) is 14.4 Å². The zero-order valence-corrected chi connectivity index (χ0v) is 10.6. The van der Waals surface area contributed by atoms with Gasteiger partial charge in [0, 0.05) is 13.7 Å². The van der Waals surface area contributed by atoms with E-state index in [4.69, 9.17) is 14.9 Å². The molecule has 0 heterocycles. The van der Waals surface area contributed by atoms with E-state index in [0.29, 0.717) is 0 Å². The highest BCUT2D eigenvalue weighted by Gasteiger charge is 2.37. The number of methoxy groups -OCH3 is 1. The standard InChI is InChI=1S/C11H18N2O6/c1-19-11(3-2-4-11)6-12-10(18)13-7(9(16)17)5-8(14)15/h7H,2-6H2,1H3,(H,14,15)(H,16,17)(H2,12,13,18)/t7-/m0/s1. The second-order valence-electron chi connectivity index (χ2n) is 4.56. The summed E-state index contributed by atoms with van der Waals surface area (Å²) in [5, 5.41) is 21.9. The maximum atomic E-state index is 11.5. The van der Waals surface area contributed by atoms with Gasteiger partial charge in [-0.25, -0.2) is 9.59 Å². The van der Waals surface area contributed by atoms with Gasteiger partial charge in [-0.3, -0.25) is 4.79 Å². The molecule has 108 valence electrons. The molecule has 2 amide bonds. The summed E-state index contributed by atoms with van der Waals surface area (Å²) in [7, 11) is 1.56. The fourth-order valence-electron chi connectivity index (χ4n) is 1.85. The number of hydrogen-bond donors (Lipinski definition) is 4. The van der Waals surface area contributed by atoms with Gasteiger partial charge in [0.25, 0.3) is 0 Å². The number of hydrogen-bond acceptors (Lipinski definition) is 4. The number of ether oxygens (including phenoxy) is 1. The quantitative estimate of drug-likeness (QED) is 0.508. The van der Waals surface area contributed by atoms with Crippen LogP contribution in [0.3, 0.4) is 0 Å². The van der Waals surface area contributed by atoms with Gasteiger partial charge in [-0.15, -0.1) is 0 Å². The molecule has 1 aliphatic carbocycles. The molecule has 0 saturated heterocycles. The fraction of sp³-hybridized carbons (Fsp3) is 0.727. The van der Waals surface area contributed by atoms with Crippen LogP contribution in [0.4, 0.5) is 4.79 Å². The number of carboxylic acids is 2. The van der Waals surface area contributed by atoms with E-state index in [1.54, 1.807) is 7.11 Å². The second kappa shape index (κ2) is 6.37. The molecular weight excluding hydrogens is 256 g/mol. The van der Waals surface area contributed by atoms with Gasteiger partial charge in [-0.2, -0.15) is 0 Å². The van der Waals surface area contributed by atoms with E-state index in [0.717, 1.165) is 19.3 Å². The lowest BCUT2D eigenvalue weighted by Gasteiger charge is -2.40. The maximum absolute atomic E-state index is 11.5. The molecule has 1 aliphatic rings. The summed E-state index contributed by atoms with van der Waals surface area (Å²) in [5.41, 5.74) is -0.372. The number of aliphatic carboxylic acids is 2. The lowest BCUT2D eigenvalue weighted by molar-refractivity contribution is -0.145. The number of carbonyl (C=O) groups is 3. The molecule has 8 nitrogen and oxygen atoms in total. The predicted octanol–water partition coefficient (Wildman–Crippen LogP) is -0.217. The number of nitrogens with one attached hydrogen (secondary N) is 2. The van der Waals surface area contributed by atoms with Gasteiger partial charge in [-0.05, 0) is 19.3 Å². The first-order valence-corrected chi connectivity index (χ1v) is 5.93. The smallest absolute Gasteiger partial charge is 0.326 e. The van der Waals surface area contributed by atoms with Crippen molar-refractivity contribution in [2.45, 2.75) is 37.3 Å². The summed E-state index contributed by atoms with van der Waals surface area (Å²) in [6, 6.07) is -2.16. The average molecular weight is 274 g/mol. The first-order valence-electron chi connectivity index (χ1n) is 5.93. The third-order valence-electron chi connectivity index (χ3n) is 3.25. The summed E-state index contributed by atoms with van der Waals surface area (Å²) >= 11 is 0. The number of carboxylic acid groups (broad SMARTS) is 2. The Hall–Kier alpha value is -1.83. The molecular formula is C11H18N2O6. The lowest BCUT2D eigenvalue weighted by atomic mass is 9.80.